The quantitative estimate of drug-likeness (QED) is 0.477. The van der Waals surface area contributed by atoms with Crippen LogP contribution in [0.1, 0.15) is 18.3 Å². The zero-order chi connectivity index (χ0) is 20.0. The Morgan fingerprint density at radius 3 is 2.72 bits per heavy atom. The van der Waals surface area contributed by atoms with Gasteiger partial charge in [0, 0.05) is 26.3 Å². The Morgan fingerprint density at radius 1 is 1.14 bits per heavy atom. The van der Waals surface area contributed by atoms with Gasteiger partial charge in [-0.3, -0.25) is 14.0 Å². The summed E-state index contributed by atoms with van der Waals surface area (Å²) in [4.78, 5) is 24.8. The van der Waals surface area contributed by atoms with Crippen LogP contribution in [0, 0.1) is 0 Å². The third kappa shape index (κ3) is 3.12. The highest BCUT2D eigenvalue weighted by atomic mass is 79.9. The molecule has 0 saturated carbocycles. The van der Waals surface area contributed by atoms with E-state index in [0.717, 1.165) is 53.3 Å². The Balaban J connectivity index is 1.51. The third-order valence-electron chi connectivity index (χ3n) is 5.65. The van der Waals surface area contributed by atoms with E-state index in [9.17, 15) is 4.79 Å². The molecule has 1 aliphatic rings. The molecule has 3 aromatic heterocycles. The first kappa shape index (κ1) is 18.3. The lowest BCUT2D eigenvalue weighted by molar-refractivity contribution is 0.304. The van der Waals surface area contributed by atoms with E-state index in [1.165, 1.54) is 0 Å². The van der Waals surface area contributed by atoms with Gasteiger partial charge in [0.25, 0.3) is 0 Å². The highest BCUT2D eigenvalue weighted by Crippen LogP contribution is 2.26. The molecule has 0 radical (unpaired) electrons. The molecule has 5 rings (SSSR count). The van der Waals surface area contributed by atoms with Crippen LogP contribution in [-0.4, -0.2) is 41.7 Å². The summed E-state index contributed by atoms with van der Waals surface area (Å²) in [5, 5.41) is 0. The van der Waals surface area contributed by atoms with Crippen molar-refractivity contribution in [2.45, 2.75) is 19.0 Å². The van der Waals surface area contributed by atoms with Crippen LogP contribution >= 0.6 is 15.9 Å². The molecule has 1 aliphatic heterocycles. The fourth-order valence-corrected chi connectivity index (χ4v) is 4.45. The number of rotatable bonds is 4. The second kappa shape index (κ2) is 7.27. The van der Waals surface area contributed by atoms with Crippen molar-refractivity contribution in [1.29, 1.82) is 0 Å². The summed E-state index contributed by atoms with van der Waals surface area (Å²) >= 11 is 3.50. The van der Waals surface area contributed by atoms with E-state index in [1.54, 1.807) is 10.8 Å². The molecular weight excluding hydrogens is 432 g/mol. The summed E-state index contributed by atoms with van der Waals surface area (Å²) < 4.78 is 6.65. The van der Waals surface area contributed by atoms with Gasteiger partial charge in [0.2, 0.25) is 0 Å². The maximum absolute atomic E-state index is 13.4. The van der Waals surface area contributed by atoms with E-state index in [4.69, 9.17) is 0 Å². The van der Waals surface area contributed by atoms with Crippen LogP contribution in [0.2, 0.25) is 0 Å². The maximum Gasteiger partial charge on any atom is 0.335 e. The Bertz CT molecular complexity index is 1230. The number of pyridine rings is 1. The zero-order valence-corrected chi connectivity index (χ0v) is 17.7. The minimum absolute atomic E-state index is 0.0310. The fourth-order valence-electron chi connectivity index (χ4n) is 4.14. The molecule has 1 atom stereocenters. The number of fused-ring (bicyclic) bond motifs is 1. The summed E-state index contributed by atoms with van der Waals surface area (Å²) in [6, 6.07) is 13.7. The molecule has 4 aromatic rings. The van der Waals surface area contributed by atoms with Crippen molar-refractivity contribution >= 4 is 27.1 Å². The average molecular weight is 453 g/mol. The lowest BCUT2D eigenvalue weighted by Gasteiger charge is -2.16. The Hall–Kier alpha value is -2.71. The van der Waals surface area contributed by atoms with Gasteiger partial charge in [-0.1, -0.05) is 18.2 Å². The predicted octanol–water partition coefficient (Wildman–Crippen LogP) is 3.13. The van der Waals surface area contributed by atoms with Gasteiger partial charge in [0.15, 0.2) is 5.65 Å². The van der Waals surface area contributed by atoms with Crippen LogP contribution in [-0.2, 0) is 13.6 Å². The molecule has 8 heteroatoms. The van der Waals surface area contributed by atoms with E-state index < -0.39 is 0 Å². The molecule has 1 saturated heterocycles. The SMILES string of the molecule is Cn1c(Br)cnc1CN1CCC(n2c(=O)n(-c3ccccc3)c3cccnc32)C1. The standard InChI is InChI=1S/C21H21BrN6O/c1-25-18(22)12-24-19(25)14-26-11-9-16(13-26)28-20-17(8-5-10-23-20)27(21(28)29)15-6-3-2-4-7-15/h2-8,10,12,16H,9,11,13-14H2,1H3. The molecule has 29 heavy (non-hydrogen) atoms. The molecule has 0 spiro atoms. The monoisotopic (exact) mass is 452 g/mol. The zero-order valence-electron chi connectivity index (χ0n) is 16.1. The second-order valence-electron chi connectivity index (χ2n) is 7.40. The normalized spacial score (nSPS) is 17.4. The first-order chi connectivity index (χ1) is 14.1. The number of hydrogen-bond donors (Lipinski definition) is 0. The topological polar surface area (TPSA) is 60.9 Å². The second-order valence-corrected chi connectivity index (χ2v) is 8.22. The molecule has 1 aromatic carbocycles. The number of halogens is 1. The lowest BCUT2D eigenvalue weighted by atomic mass is 10.2. The average Bonchev–Trinajstić information content (AvgIpc) is 3.40. The Morgan fingerprint density at radius 2 is 1.97 bits per heavy atom. The number of para-hydroxylation sites is 1. The molecule has 0 bridgehead atoms. The summed E-state index contributed by atoms with van der Waals surface area (Å²) in [6.07, 6.45) is 4.49. The molecule has 7 nitrogen and oxygen atoms in total. The van der Waals surface area contributed by atoms with Crippen molar-refractivity contribution in [3.63, 3.8) is 0 Å². The van der Waals surface area contributed by atoms with Crippen LogP contribution in [0.25, 0.3) is 16.9 Å². The van der Waals surface area contributed by atoms with Gasteiger partial charge in [-0.05, 0) is 46.6 Å². The van der Waals surface area contributed by atoms with Crippen LogP contribution in [0.3, 0.4) is 0 Å². The highest BCUT2D eigenvalue weighted by molar-refractivity contribution is 9.10. The van der Waals surface area contributed by atoms with Crippen LogP contribution in [0.4, 0.5) is 0 Å². The van der Waals surface area contributed by atoms with Crippen molar-refractivity contribution in [2.24, 2.45) is 7.05 Å². The summed E-state index contributed by atoms with van der Waals surface area (Å²) in [7, 11) is 2.00. The summed E-state index contributed by atoms with van der Waals surface area (Å²) in [5.74, 6) is 1.01. The highest BCUT2D eigenvalue weighted by Gasteiger charge is 2.29. The first-order valence-electron chi connectivity index (χ1n) is 9.65. The molecule has 1 unspecified atom stereocenters. The van der Waals surface area contributed by atoms with Crippen molar-refractivity contribution in [2.75, 3.05) is 13.1 Å². The number of aromatic nitrogens is 5. The van der Waals surface area contributed by atoms with Gasteiger partial charge in [-0.25, -0.2) is 14.8 Å². The molecule has 1 fully saturated rings. The van der Waals surface area contributed by atoms with Gasteiger partial charge in [-0.15, -0.1) is 0 Å². The van der Waals surface area contributed by atoms with E-state index in [1.807, 2.05) is 64.8 Å². The molecule has 0 aliphatic carbocycles. The fraction of sp³-hybridized carbons (Fsp3) is 0.286. The van der Waals surface area contributed by atoms with Crippen molar-refractivity contribution in [3.05, 3.63) is 75.8 Å². The maximum atomic E-state index is 13.4. The molecular formula is C21H21BrN6O. The van der Waals surface area contributed by atoms with E-state index in [0.29, 0.717) is 0 Å². The van der Waals surface area contributed by atoms with Crippen LogP contribution < -0.4 is 5.69 Å². The van der Waals surface area contributed by atoms with E-state index in [2.05, 4.69) is 30.8 Å². The number of benzene rings is 1. The third-order valence-corrected chi connectivity index (χ3v) is 6.39. The minimum Gasteiger partial charge on any atom is -0.325 e. The molecule has 4 heterocycles. The summed E-state index contributed by atoms with van der Waals surface area (Å²) in [6.45, 7) is 2.49. The van der Waals surface area contributed by atoms with Gasteiger partial charge in [0.1, 0.15) is 10.4 Å². The Labute approximate surface area is 176 Å². The smallest absolute Gasteiger partial charge is 0.325 e. The summed E-state index contributed by atoms with van der Waals surface area (Å²) in [5.41, 5.74) is 2.42. The number of nitrogens with zero attached hydrogens (tertiary/aromatic N) is 6. The van der Waals surface area contributed by atoms with E-state index in [-0.39, 0.29) is 11.7 Å². The van der Waals surface area contributed by atoms with Crippen molar-refractivity contribution in [1.82, 2.24) is 28.6 Å². The lowest BCUT2D eigenvalue weighted by Crippen LogP contribution is -2.29. The first-order valence-corrected chi connectivity index (χ1v) is 10.4. The van der Waals surface area contributed by atoms with Crippen molar-refractivity contribution < 1.29 is 0 Å². The van der Waals surface area contributed by atoms with E-state index >= 15 is 0 Å². The molecule has 148 valence electrons. The van der Waals surface area contributed by atoms with Gasteiger partial charge in [-0.2, -0.15) is 0 Å². The molecule has 0 amide bonds. The van der Waals surface area contributed by atoms with Gasteiger partial charge >= 0.3 is 5.69 Å². The van der Waals surface area contributed by atoms with Crippen LogP contribution in [0.5, 0.6) is 0 Å². The number of hydrogen-bond acceptors (Lipinski definition) is 4. The predicted molar refractivity (Wildman–Crippen MR) is 115 cm³/mol. The Kier molecular flexibility index (Phi) is 4.60. The van der Waals surface area contributed by atoms with Gasteiger partial charge in [0.05, 0.1) is 30.0 Å². The van der Waals surface area contributed by atoms with Gasteiger partial charge < -0.3 is 4.57 Å². The largest absolute Gasteiger partial charge is 0.335 e. The molecule has 0 N–H and O–H groups in total. The number of likely N-dealkylation sites (tertiary alicyclic amines) is 1. The van der Waals surface area contributed by atoms with Crippen LogP contribution in [0.15, 0.2) is 64.3 Å². The minimum atomic E-state index is -0.0310. The van der Waals surface area contributed by atoms with Crippen molar-refractivity contribution in [3.8, 4) is 5.69 Å². The number of imidazole rings is 2.